The predicted molar refractivity (Wildman–Crippen MR) is 120 cm³/mol. The molecule has 1 amide bonds. The molecule has 31 heavy (non-hydrogen) atoms. The number of halogens is 1. The minimum atomic E-state index is -0.160. The van der Waals surface area contributed by atoms with Crippen molar-refractivity contribution in [3.05, 3.63) is 70.0 Å². The molecule has 158 valence electrons. The summed E-state index contributed by atoms with van der Waals surface area (Å²) in [7, 11) is 0. The van der Waals surface area contributed by atoms with Gasteiger partial charge >= 0.3 is 0 Å². The topological polar surface area (TPSA) is 81.4 Å². The average molecular weight is 455 g/mol. The molecule has 0 N–H and O–H groups in total. The van der Waals surface area contributed by atoms with Crippen molar-refractivity contribution in [2.75, 3.05) is 4.90 Å². The molecule has 9 heteroatoms. The first kappa shape index (κ1) is 21.0. The molecule has 2 heterocycles. The van der Waals surface area contributed by atoms with Crippen LogP contribution in [0.1, 0.15) is 23.7 Å². The summed E-state index contributed by atoms with van der Waals surface area (Å²) in [5, 5.41) is 10.5. The fraction of sp³-hybridized carbons (Fsp3) is 0.182. The lowest BCUT2D eigenvalue weighted by molar-refractivity contribution is -0.115. The van der Waals surface area contributed by atoms with Gasteiger partial charge in [0.2, 0.25) is 18.2 Å². The molecule has 2 aromatic heterocycles. The highest BCUT2D eigenvalue weighted by Crippen LogP contribution is 2.37. The molecule has 0 aliphatic heterocycles. The van der Waals surface area contributed by atoms with Crippen LogP contribution >= 0.6 is 22.9 Å². The Morgan fingerprint density at radius 1 is 1.23 bits per heavy atom. The molecule has 4 rings (SSSR count). The Hall–Kier alpha value is -3.23. The molecule has 0 saturated carbocycles. The standard InChI is InChI=1S/C22H19ClN4O3S/c1-13-8-14(2)20(19(23)9-13)27(15(3)28)22-25-17(11-31-22)10-29-18-6-4-16(5-7-18)21-26-24-12-30-21/h4-9,11-12H,10H2,1-3H3. The number of aromatic nitrogens is 3. The number of nitrogens with zero attached hydrogens (tertiary/aromatic N) is 4. The Morgan fingerprint density at radius 3 is 2.65 bits per heavy atom. The number of ether oxygens (including phenoxy) is 1. The molecule has 0 aliphatic carbocycles. The van der Waals surface area contributed by atoms with Gasteiger partial charge in [-0.25, -0.2) is 4.98 Å². The molecule has 0 aliphatic rings. The first-order valence-electron chi connectivity index (χ1n) is 9.43. The molecule has 0 atom stereocenters. The maximum absolute atomic E-state index is 12.4. The molecule has 0 spiro atoms. The zero-order chi connectivity index (χ0) is 22.0. The third-order valence-corrected chi connectivity index (χ3v) is 5.68. The number of carbonyl (C=O) groups is 1. The highest BCUT2D eigenvalue weighted by atomic mass is 35.5. The van der Waals surface area contributed by atoms with E-state index in [1.807, 2.05) is 55.6 Å². The second-order valence-corrected chi connectivity index (χ2v) is 8.19. The van der Waals surface area contributed by atoms with Crippen LogP contribution in [-0.2, 0) is 11.4 Å². The third kappa shape index (κ3) is 4.60. The van der Waals surface area contributed by atoms with E-state index in [0.717, 1.165) is 16.7 Å². The minimum Gasteiger partial charge on any atom is -0.487 e. The number of rotatable bonds is 6. The monoisotopic (exact) mass is 454 g/mol. The maximum Gasteiger partial charge on any atom is 0.247 e. The number of thiazole rings is 1. The first-order valence-corrected chi connectivity index (χ1v) is 10.7. The molecule has 0 fully saturated rings. The quantitative estimate of drug-likeness (QED) is 0.370. The summed E-state index contributed by atoms with van der Waals surface area (Å²) in [5.41, 5.74) is 4.12. The normalized spacial score (nSPS) is 10.8. The molecule has 0 bridgehead atoms. The number of amides is 1. The SMILES string of the molecule is CC(=O)N(c1nc(COc2ccc(-c3nnco3)cc2)cs1)c1c(C)cc(C)cc1Cl. The fourth-order valence-electron chi connectivity index (χ4n) is 3.19. The van der Waals surface area contributed by atoms with Crippen LogP contribution in [0.2, 0.25) is 5.02 Å². The zero-order valence-corrected chi connectivity index (χ0v) is 18.7. The Morgan fingerprint density at radius 2 is 2.00 bits per heavy atom. The third-order valence-electron chi connectivity index (χ3n) is 4.52. The Kier molecular flexibility index (Phi) is 6.01. The summed E-state index contributed by atoms with van der Waals surface area (Å²) in [5.74, 6) is 0.969. The van der Waals surface area contributed by atoms with E-state index in [-0.39, 0.29) is 12.5 Å². The number of aryl methyl sites for hydroxylation is 2. The van der Waals surface area contributed by atoms with E-state index in [1.165, 1.54) is 24.7 Å². The molecule has 2 aromatic carbocycles. The van der Waals surface area contributed by atoms with Crippen molar-refractivity contribution in [2.24, 2.45) is 0 Å². The van der Waals surface area contributed by atoms with Gasteiger partial charge in [-0.2, -0.15) is 0 Å². The summed E-state index contributed by atoms with van der Waals surface area (Å²) < 4.78 is 11.0. The van der Waals surface area contributed by atoms with Gasteiger partial charge in [0.05, 0.1) is 16.4 Å². The summed E-state index contributed by atoms with van der Waals surface area (Å²) in [6, 6.07) is 11.2. The number of anilines is 2. The van der Waals surface area contributed by atoms with Gasteiger partial charge in [0.25, 0.3) is 0 Å². The first-order chi connectivity index (χ1) is 14.9. The van der Waals surface area contributed by atoms with Crippen molar-refractivity contribution >= 4 is 39.7 Å². The van der Waals surface area contributed by atoms with Crippen molar-refractivity contribution in [3.8, 4) is 17.2 Å². The van der Waals surface area contributed by atoms with Crippen LogP contribution in [0, 0.1) is 13.8 Å². The van der Waals surface area contributed by atoms with Gasteiger partial charge in [-0.3, -0.25) is 9.69 Å². The van der Waals surface area contributed by atoms with Crippen LogP contribution in [0.5, 0.6) is 5.75 Å². The van der Waals surface area contributed by atoms with Crippen LogP contribution in [-0.4, -0.2) is 21.1 Å². The van der Waals surface area contributed by atoms with E-state index < -0.39 is 0 Å². The summed E-state index contributed by atoms with van der Waals surface area (Å²) in [6.45, 7) is 5.66. The Labute approximate surface area is 188 Å². The van der Waals surface area contributed by atoms with Gasteiger partial charge in [-0.1, -0.05) is 17.7 Å². The largest absolute Gasteiger partial charge is 0.487 e. The van der Waals surface area contributed by atoms with Crippen molar-refractivity contribution in [3.63, 3.8) is 0 Å². The van der Waals surface area contributed by atoms with Gasteiger partial charge in [0.15, 0.2) is 5.13 Å². The molecular formula is C22H19ClN4O3S. The smallest absolute Gasteiger partial charge is 0.247 e. The number of hydrogen-bond donors (Lipinski definition) is 0. The lowest BCUT2D eigenvalue weighted by atomic mass is 10.1. The van der Waals surface area contributed by atoms with Crippen LogP contribution < -0.4 is 9.64 Å². The van der Waals surface area contributed by atoms with Crippen molar-refractivity contribution in [1.82, 2.24) is 15.2 Å². The maximum atomic E-state index is 12.4. The highest BCUT2D eigenvalue weighted by Gasteiger charge is 2.22. The van der Waals surface area contributed by atoms with Gasteiger partial charge in [-0.15, -0.1) is 21.5 Å². The molecule has 0 radical (unpaired) electrons. The summed E-state index contributed by atoms with van der Waals surface area (Å²) >= 11 is 7.83. The van der Waals surface area contributed by atoms with E-state index in [0.29, 0.717) is 33.2 Å². The number of hydrogen-bond acceptors (Lipinski definition) is 7. The predicted octanol–water partition coefficient (Wildman–Crippen LogP) is 5.73. The summed E-state index contributed by atoms with van der Waals surface area (Å²) in [4.78, 5) is 18.6. The van der Waals surface area contributed by atoms with Crippen LogP contribution in [0.25, 0.3) is 11.5 Å². The second-order valence-electron chi connectivity index (χ2n) is 6.95. The fourth-order valence-corrected chi connectivity index (χ4v) is 4.46. The zero-order valence-electron chi connectivity index (χ0n) is 17.1. The lowest BCUT2D eigenvalue weighted by Crippen LogP contribution is -2.24. The highest BCUT2D eigenvalue weighted by molar-refractivity contribution is 7.14. The van der Waals surface area contributed by atoms with Crippen molar-refractivity contribution < 1.29 is 13.9 Å². The van der Waals surface area contributed by atoms with Gasteiger partial charge in [0.1, 0.15) is 12.4 Å². The van der Waals surface area contributed by atoms with E-state index in [4.69, 9.17) is 20.8 Å². The van der Waals surface area contributed by atoms with E-state index in [9.17, 15) is 4.79 Å². The number of benzene rings is 2. The van der Waals surface area contributed by atoms with Crippen LogP contribution in [0.3, 0.4) is 0 Å². The van der Waals surface area contributed by atoms with E-state index in [1.54, 1.807) is 4.90 Å². The Bertz CT molecular complexity index is 1180. The second kappa shape index (κ2) is 8.87. The average Bonchev–Trinajstić information content (AvgIpc) is 3.41. The molecule has 0 saturated heterocycles. The number of carbonyl (C=O) groups excluding carboxylic acids is 1. The molecule has 4 aromatic rings. The van der Waals surface area contributed by atoms with Gasteiger partial charge in [0, 0.05) is 17.9 Å². The van der Waals surface area contributed by atoms with Crippen molar-refractivity contribution in [2.45, 2.75) is 27.4 Å². The van der Waals surface area contributed by atoms with Crippen LogP contribution in [0.4, 0.5) is 10.8 Å². The Balaban J connectivity index is 1.50. The molecular weight excluding hydrogens is 436 g/mol. The van der Waals surface area contributed by atoms with Gasteiger partial charge in [-0.05, 0) is 55.3 Å². The van der Waals surface area contributed by atoms with E-state index >= 15 is 0 Å². The lowest BCUT2D eigenvalue weighted by Gasteiger charge is -2.22. The van der Waals surface area contributed by atoms with Crippen LogP contribution in [0.15, 0.2) is 52.6 Å². The molecule has 0 unspecified atom stereocenters. The minimum absolute atomic E-state index is 0.160. The summed E-state index contributed by atoms with van der Waals surface area (Å²) in [6.07, 6.45) is 1.29. The molecule has 7 nitrogen and oxygen atoms in total. The van der Waals surface area contributed by atoms with Gasteiger partial charge < -0.3 is 9.15 Å². The van der Waals surface area contributed by atoms with E-state index in [2.05, 4.69) is 15.2 Å². The van der Waals surface area contributed by atoms with Crippen molar-refractivity contribution in [1.29, 1.82) is 0 Å².